The lowest BCUT2D eigenvalue weighted by Gasteiger charge is -2.36. The Kier molecular flexibility index (Phi) is 6.37. The molecule has 0 N–H and O–H groups in total. The average molecular weight is 402 g/mol. The highest BCUT2D eigenvalue weighted by molar-refractivity contribution is 6.00. The van der Waals surface area contributed by atoms with E-state index in [2.05, 4.69) is 0 Å². The van der Waals surface area contributed by atoms with E-state index in [4.69, 9.17) is 9.47 Å². The van der Waals surface area contributed by atoms with Gasteiger partial charge in [0.05, 0.1) is 6.04 Å². The van der Waals surface area contributed by atoms with E-state index in [-0.39, 0.29) is 11.8 Å². The van der Waals surface area contributed by atoms with Crippen molar-refractivity contribution in [1.82, 2.24) is 4.90 Å². The number of rotatable bonds is 4. The van der Waals surface area contributed by atoms with Crippen molar-refractivity contribution in [2.24, 2.45) is 5.92 Å². The second-order valence-electron chi connectivity index (χ2n) is 9.87. The highest BCUT2D eigenvalue weighted by Crippen LogP contribution is 2.40. The van der Waals surface area contributed by atoms with Crippen LogP contribution in [0.25, 0.3) is 0 Å². The molecule has 0 bridgehead atoms. The van der Waals surface area contributed by atoms with E-state index in [1.807, 2.05) is 65.0 Å². The summed E-state index contributed by atoms with van der Waals surface area (Å²) in [6.45, 7) is 9.28. The summed E-state index contributed by atoms with van der Waals surface area (Å²) in [5.74, 6) is 0.438. The number of ketones is 1. The van der Waals surface area contributed by atoms with Crippen molar-refractivity contribution >= 4 is 11.9 Å². The van der Waals surface area contributed by atoms with Crippen LogP contribution in [-0.4, -0.2) is 40.2 Å². The van der Waals surface area contributed by atoms with Gasteiger partial charge >= 0.3 is 6.09 Å². The molecule has 1 aliphatic carbocycles. The maximum absolute atomic E-state index is 13.3. The first-order valence-corrected chi connectivity index (χ1v) is 10.9. The van der Waals surface area contributed by atoms with Gasteiger partial charge in [0, 0.05) is 5.56 Å². The maximum Gasteiger partial charge on any atom is 0.412 e. The predicted molar refractivity (Wildman–Crippen MR) is 113 cm³/mol. The van der Waals surface area contributed by atoms with Crippen molar-refractivity contribution in [3.63, 3.8) is 0 Å². The van der Waals surface area contributed by atoms with Crippen molar-refractivity contribution < 1.29 is 19.1 Å². The molecule has 0 unspecified atom stereocenters. The maximum atomic E-state index is 13.3. The topological polar surface area (TPSA) is 55.8 Å². The Morgan fingerprint density at radius 1 is 1.10 bits per heavy atom. The quantitative estimate of drug-likeness (QED) is 0.618. The molecule has 2 atom stereocenters. The second kappa shape index (κ2) is 8.47. The molecule has 0 radical (unpaired) electrons. The molecule has 1 aromatic carbocycles. The Labute approximate surface area is 174 Å². The molecule has 1 aliphatic heterocycles. The third kappa shape index (κ3) is 5.19. The largest absolute Gasteiger partial charge is 0.444 e. The lowest BCUT2D eigenvalue weighted by Crippen LogP contribution is -2.51. The molecule has 2 fully saturated rings. The molecule has 1 heterocycles. The number of carbonyl (C=O) groups is 2. The van der Waals surface area contributed by atoms with Crippen LogP contribution in [-0.2, 0) is 9.47 Å². The predicted octanol–water partition coefficient (Wildman–Crippen LogP) is 5.58. The lowest BCUT2D eigenvalue weighted by atomic mass is 9.82. The van der Waals surface area contributed by atoms with Crippen molar-refractivity contribution in [2.75, 3.05) is 0 Å². The van der Waals surface area contributed by atoms with Gasteiger partial charge in [-0.15, -0.1) is 0 Å². The summed E-state index contributed by atoms with van der Waals surface area (Å²) in [6, 6.07) is 8.90. The van der Waals surface area contributed by atoms with Crippen LogP contribution in [0, 0.1) is 5.92 Å². The van der Waals surface area contributed by atoms with Gasteiger partial charge in [0.15, 0.2) is 5.78 Å². The van der Waals surface area contributed by atoms with Crippen LogP contribution in [0.3, 0.4) is 0 Å². The minimum absolute atomic E-state index is 0.0643. The Hall–Kier alpha value is -1.88. The molecule has 1 saturated heterocycles. The molecule has 1 aromatic rings. The first-order chi connectivity index (χ1) is 13.6. The summed E-state index contributed by atoms with van der Waals surface area (Å²) < 4.78 is 11.9. The molecule has 5 nitrogen and oxygen atoms in total. The van der Waals surface area contributed by atoms with Crippen LogP contribution in [0.5, 0.6) is 0 Å². The number of carbonyl (C=O) groups excluding carboxylic acids is 2. The molecule has 2 aliphatic rings. The van der Waals surface area contributed by atoms with Crippen LogP contribution in [0.1, 0.15) is 83.5 Å². The zero-order chi connectivity index (χ0) is 21.2. The number of nitrogens with zero attached hydrogens (tertiary/aromatic N) is 1. The molecule has 1 amide bonds. The van der Waals surface area contributed by atoms with E-state index >= 15 is 0 Å². The van der Waals surface area contributed by atoms with Crippen LogP contribution in [0.15, 0.2) is 30.3 Å². The van der Waals surface area contributed by atoms with E-state index in [1.54, 1.807) is 4.90 Å². The van der Waals surface area contributed by atoms with E-state index in [9.17, 15) is 9.59 Å². The summed E-state index contributed by atoms with van der Waals surface area (Å²) in [4.78, 5) is 28.2. The van der Waals surface area contributed by atoms with Crippen molar-refractivity contribution in [3.8, 4) is 0 Å². The van der Waals surface area contributed by atoms with E-state index in [0.29, 0.717) is 11.5 Å². The zero-order valence-corrected chi connectivity index (χ0v) is 18.4. The smallest absolute Gasteiger partial charge is 0.412 e. The summed E-state index contributed by atoms with van der Waals surface area (Å²) in [5, 5.41) is 0. The molecular weight excluding hydrogens is 366 g/mol. The highest BCUT2D eigenvalue weighted by Gasteiger charge is 2.54. The van der Waals surface area contributed by atoms with Crippen LogP contribution >= 0.6 is 0 Å². The van der Waals surface area contributed by atoms with Gasteiger partial charge < -0.3 is 9.47 Å². The van der Waals surface area contributed by atoms with Gasteiger partial charge in [-0.1, -0.05) is 62.4 Å². The van der Waals surface area contributed by atoms with Gasteiger partial charge in [-0.2, -0.15) is 0 Å². The van der Waals surface area contributed by atoms with Gasteiger partial charge in [-0.25, -0.2) is 4.79 Å². The molecule has 3 rings (SSSR count). The number of Topliss-reactive ketones (excluding diaryl/α,β-unsaturated/α-hetero) is 1. The number of benzene rings is 1. The fourth-order valence-electron chi connectivity index (χ4n) is 4.64. The van der Waals surface area contributed by atoms with Gasteiger partial charge in [0.1, 0.15) is 17.4 Å². The van der Waals surface area contributed by atoms with Crippen LogP contribution in [0.4, 0.5) is 4.79 Å². The van der Waals surface area contributed by atoms with E-state index in [1.165, 1.54) is 19.3 Å². The molecule has 0 spiro atoms. The van der Waals surface area contributed by atoms with Gasteiger partial charge in [-0.05, 0) is 47.0 Å². The fraction of sp³-hybridized carbons (Fsp3) is 0.667. The zero-order valence-electron chi connectivity index (χ0n) is 18.4. The first-order valence-electron chi connectivity index (χ1n) is 10.9. The fourth-order valence-corrected chi connectivity index (χ4v) is 4.64. The van der Waals surface area contributed by atoms with Crippen LogP contribution in [0.2, 0.25) is 0 Å². The first kappa shape index (κ1) is 21.8. The minimum Gasteiger partial charge on any atom is -0.444 e. The lowest BCUT2D eigenvalue weighted by molar-refractivity contribution is -0.0735. The summed E-state index contributed by atoms with van der Waals surface area (Å²) in [7, 11) is 0. The van der Waals surface area contributed by atoms with Gasteiger partial charge in [-0.3, -0.25) is 9.69 Å². The van der Waals surface area contributed by atoms with Crippen molar-refractivity contribution in [1.29, 1.82) is 0 Å². The number of ether oxygens (including phenoxy) is 2. The standard InChI is InChI=1S/C24H35NO4/c1-23(2,3)29-22(27)25-19(16-17-12-8-6-9-13-17)21(28-24(25,4)5)20(26)18-14-10-7-11-15-18/h7,10-11,14-15,17,19,21H,6,8-9,12-13,16H2,1-5H3/t19-,21+/m0/s1. The average Bonchev–Trinajstić information content (AvgIpc) is 2.91. The van der Waals surface area contributed by atoms with Crippen LogP contribution < -0.4 is 0 Å². The molecule has 160 valence electrons. The molecule has 5 heteroatoms. The Morgan fingerprint density at radius 2 is 1.72 bits per heavy atom. The Morgan fingerprint density at radius 3 is 2.31 bits per heavy atom. The summed E-state index contributed by atoms with van der Waals surface area (Å²) in [5.41, 5.74) is -0.895. The number of hydrogen-bond donors (Lipinski definition) is 0. The van der Waals surface area contributed by atoms with Crippen molar-refractivity contribution in [3.05, 3.63) is 35.9 Å². The Balaban J connectivity index is 1.91. The third-order valence-electron chi connectivity index (χ3n) is 5.88. The minimum atomic E-state index is -0.906. The van der Waals surface area contributed by atoms with Gasteiger partial charge in [0.25, 0.3) is 0 Å². The third-order valence-corrected chi connectivity index (χ3v) is 5.88. The Bertz CT molecular complexity index is 716. The second-order valence-corrected chi connectivity index (χ2v) is 9.87. The van der Waals surface area contributed by atoms with Gasteiger partial charge in [0.2, 0.25) is 0 Å². The number of hydrogen-bond acceptors (Lipinski definition) is 4. The highest BCUT2D eigenvalue weighted by atomic mass is 16.6. The molecule has 1 saturated carbocycles. The monoisotopic (exact) mass is 401 g/mol. The normalized spacial score (nSPS) is 25.1. The van der Waals surface area contributed by atoms with E-state index < -0.39 is 23.5 Å². The molecular formula is C24H35NO4. The molecule has 29 heavy (non-hydrogen) atoms. The SMILES string of the molecule is CC(C)(C)OC(=O)N1[C@@H](CC2CCCCC2)[C@H](C(=O)c2ccccc2)OC1(C)C. The summed E-state index contributed by atoms with van der Waals surface area (Å²) in [6.07, 6.45) is 5.67. The van der Waals surface area contributed by atoms with E-state index in [0.717, 1.165) is 19.3 Å². The molecule has 0 aromatic heterocycles. The number of amides is 1. The summed E-state index contributed by atoms with van der Waals surface area (Å²) >= 11 is 0. The van der Waals surface area contributed by atoms with Crippen molar-refractivity contribution in [2.45, 2.75) is 96.6 Å².